The number of amides is 3. The molecule has 2 aromatic carbocycles. The van der Waals surface area contributed by atoms with Gasteiger partial charge in [0.2, 0.25) is 12.7 Å². The summed E-state index contributed by atoms with van der Waals surface area (Å²) in [5.74, 6) is 1.21. The molecule has 194 valence electrons. The van der Waals surface area contributed by atoms with Crippen molar-refractivity contribution in [2.45, 2.75) is 32.0 Å². The molecule has 3 amide bonds. The maximum absolute atomic E-state index is 13.7. The Bertz CT molecular complexity index is 1220. The summed E-state index contributed by atoms with van der Waals surface area (Å²) in [5, 5.41) is 5.45. The number of ether oxygens (including phenoxy) is 3. The van der Waals surface area contributed by atoms with E-state index >= 15 is 0 Å². The maximum Gasteiger partial charge on any atom is 0.322 e. The van der Waals surface area contributed by atoms with Crippen LogP contribution >= 0.6 is 22.9 Å². The van der Waals surface area contributed by atoms with E-state index in [1.165, 1.54) is 4.90 Å². The second kappa shape index (κ2) is 11.9. The van der Waals surface area contributed by atoms with Crippen LogP contribution in [0, 0.1) is 0 Å². The van der Waals surface area contributed by atoms with Gasteiger partial charge in [0.25, 0.3) is 0 Å². The molecule has 0 radical (unpaired) electrons. The second-order valence-electron chi connectivity index (χ2n) is 8.97. The van der Waals surface area contributed by atoms with Gasteiger partial charge < -0.3 is 29.3 Å². The van der Waals surface area contributed by atoms with E-state index in [1.54, 1.807) is 40.5 Å². The topological polar surface area (TPSA) is 80.3 Å². The van der Waals surface area contributed by atoms with Gasteiger partial charge in [-0.1, -0.05) is 23.7 Å². The molecule has 3 heterocycles. The molecule has 1 saturated heterocycles. The zero-order valence-electron chi connectivity index (χ0n) is 20.2. The Hall–Kier alpha value is -3.27. The summed E-state index contributed by atoms with van der Waals surface area (Å²) < 4.78 is 16.7. The Morgan fingerprint density at radius 1 is 1.03 bits per heavy atom. The molecule has 1 fully saturated rings. The Morgan fingerprint density at radius 2 is 1.86 bits per heavy atom. The van der Waals surface area contributed by atoms with Crippen LogP contribution < -0.4 is 14.8 Å². The van der Waals surface area contributed by atoms with Crippen molar-refractivity contribution >= 4 is 40.6 Å². The second-order valence-corrected chi connectivity index (χ2v) is 10.4. The van der Waals surface area contributed by atoms with Crippen LogP contribution in [0.4, 0.5) is 10.5 Å². The number of rotatable bonds is 9. The highest BCUT2D eigenvalue weighted by Gasteiger charge is 2.27. The first-order valence-corrected chi connectivity index (χ1v) is 13.4. The summed E-state index contributed by atoms with van der Waals surface area (Å²) in [6, 6.07) is 16.2. The summed E-state index contributed by atoms with van der Waals surface area (Å²) >= 11 is 7.57. The minimum absolute atomic E-state index is 0.0742. The normalized spacial score (nSPS) is 16.0. The first kappa shape index (κ1) is 25.4. The van der Waals surface area contributed by atoms with E-state index in [2.05, 4.69) is 5.32 Å². The summed E-state index contributed by atoms with van der Waals surface area (Å²) in [7, 11) is 0. The van der Waals surface area contributed by atoms with Gasteiger partial charge in [-0.15, -0.1) is 11.3 Å². The van der Waals surface area contributed by atoms with E-state index < -0.39 is 0 Å². The number of benzene rings is 2. The van der Waals surface area contributed by atoms with Crippen LogP contribution in [0.5, 0.6) is 11.5 Å². The molecule has 0 saturated carbocycles. The minimum Gasteiger partial charge on any atom is -0.454 e. The highest BCUT2D eigenvalue weighted by Crippen LogP contribution is 2.33. The molecule has 3 aromatic rings. The summed E-state index contributed by atoms with van der Waals surface area (Å²) in [6.45, 7) is 1.94. The van der Waals surface area contributed by atoms with Gasteiger partial charge in [0.15, 0.2) is 11.5 Å². The number of halogens is 1. The molecule has 5 rings (SSSR count). The lowest BCUT2D eigenvalue weighted by Gasteiger charge is -2.29. The third-order valence-corrected chi connectivity index (χ3v) is 7.36. The van der Waals surface area contributed by atoms with E-state index in [0.717, 1.165) is 23.3 Å². The fourth-order valence-electron chi connectivity index (χ4n) is 4.34. The molecule has 0 spiro atoms. The standard InChI is InChI=1S/C27H28ClN3O5S/c28-20-6-8-21(9-7-20)29-27(33)31(15-22-3-1-11-34-22)17-26(32)30(16-23-4-2-12-37-23)14-19-5-10-24-25(13-19)36-18-35-24/h2,4-10,12-13,22H,1,3,11,14-18H2,(H,29,33). The zero-order chi connectivity index (χ0) is 25.6. The Kier molecular flexibility index (Phi) is 8.13. The lowest BCUT2D eigenvalue weighted by atomic mass is 10.1. The van der Waals surface area contributed by atoms with Gasteiger partial charge >= 0.3 is 6.03 Å². The fraction of sp³-hybridized carbons (Fsp3) is 0.333. The number of nitrogens with one attached hydrogen (secondary N) is 1. The highest BCUT2D eigenvalue weighted by atomic mass is 35.5. The van der Waals surface area contributed by atoms with Crippen LogP contribution in [0.1, 0.15) is 23.3 Å². The van der Waals surface area contributed by atoms with Crippen molar-refractivity contribution in [1.29, 1.82) is 0 Å². The lowest BCUT2D eigenvalue weighted by Crippen LogP contribution is -2.46. The number of thiophene rings is 1. The number of anilines is 1. The molecule has 1 N–H and O–H groups in total. The molecule has 0 bridgehead atoms. The Morgan fingerprint density at radius 3 is 2.62 bits per heavy atom. The molecule has 0 aliphatic carbocycles. The van der Waals surface area contributed by atoms with Crippen LogP contribution in [0.2, 0.25) is 5.02 Å². The summed E-state index contributed by atoms with van der Waals surface area (Å²) in [4.78, 5) is 31.3. The molecule has 1 atom stereocenters. The number of carbonyl (C=O) groups is 2. The van der Waals surface area contributed by atoms with E-state index in [9.17, 15) is 9.59 Å². The van der Waals surface area contributed by atoms with Gasteiger partial charge in [-0.05, 0) is 66.2 Å². The van der Waals surface area contributed by atoms with Crippen molar-refractivity contribution in [3.05, 3.63) is 75.4 Å². The van der Waals surface area contributed by atoms with E-state index in [1.807, 2.05) is 35.7 Å². The molecule has 10 heteroatoms. The average Bonchev–Trinajstić information content (AvgIpc) is 3.68. The van der Waals surface area contributed by atoms with Crippen molar-refractivity contribution < 1.29 is 23.8 Å². The van der Waals surface area contributed by atoms with E-state index in [-0.39, 0.29) is 31.4 Å². The van der Waals surface area contributed by atoms with Gasteiger partial charge in [0.1, 0.15) is 6.54 Å². The van der Waals surface area contributed by atoms with Crippen LogP contribution in [0.15, 0.2) is 60.0 Å². The van der Waals surface area contributed by atoms with Crippen LogP contribution in [0.3, 0.4) is 0 Å². The number of carbonyl (C=O) groups excluding carboxylic acids is 2. The molecule has 1 unspecified atom stereocenters. The third-order valence-electron chi connectivity index (χ3n) is 6.25. The zero-order valence-corrected chi connectivity index (χ0v) is 21.8. The smallest absolute Gasteiger partial charge is 0.322 e. The average molecular weight is 542 g/mol. The number of nitrogens with zero attached hydrogens (tertiary/aromatic N) is 2. The highest BCUT2D eigenvalue weighted by molar-refractivity contribution is 7.09. The molecule has 8 nitrogen and oxygen atoms in total. The fourth-order valence-corrected chi connectivity index (χ4v) is 5.18. The van der Waals surface area contributed by atoms with E-state index in [0.29, 0.717) is 48.5 Å². The van der Waals surface area contributed by atoms with Gasteiger partial charge in [-0.3, -0.25) is 4.79 Å². The molecule has 2 aliphatic rings. The molecule has 37 heavy (non-hydrogen) atoms. The molecular weight excluding hydrogens is 514 g/mol. The quantitative estimate of drug-likeness (QED) is 0.394. The minimum atomic E-state index is -0.356. The molecule has 1 aromatic heterocycles. The van der Waals surface area contributed by atoms with Crippen molar-refractivity contribution in [3.8, 4) is 11.5 Å². The third kappa shape index (κ3) is 6.74. The molecule has 2 aliphatic heterocycles. The monoisotopic (exact) mass is 541 g/mol. The van der Waals surface area contributed by atoms with Crippen molar-refractivity contribution in [1.82, 2.24) is 9.80 Å². The number of urea groups is 1. The summed E-state index contributed by atoms with van der Waals surface area (Å²) in [6.07, 6.45) is 1.71. The van der Waals surface area contributed by atoms with Crippen LogP contribution in [0.25, 0.3) is 0 Å². The SMILES string of the molecule is O=C(CN(CC1CCCO1)C(=O)Nc1ccc(Cl)cc1)N(Cc1ccc2c(c1)OCO2)Cc1cccs1. The lowest BCUT2D eigenvalue weighted by molar-refractivity contribution is -0.133. The first-order chi connectivity index (χ1) is 18.0. The van der Waals surface area contributed by atoms with Gasteiger partial charge in [-0.25, -0.2) is 4.79 Å². The molecular formula is C27H28ClN3O5S. The van der Waals surface area contributed by atoms with Crippen molar-refractivity contribution in [2.24, 2.45) is 0 Å². The largest absolute Gasteiger partial charge is 0.454 e. The van der Waals surface area contributed by atoms with E-state index in [4.69, 9.17) is 25.8 Å². The Balaban J connectivity index is 1.33. The van der Waals surface area contributed by atoms with Crippen molar-refractivity contribution in [3.63, 3.8) is 0 Å². The summed E-state index contributed by atoms with van der Waals surface area (Å²) in [5.41, 5.74) is 1.53. The van der Waals surface area contributed by atoms with Crippen molar-refractivity contribution in [2.75, 3.05) is 31.8 Å². The van der Waals surface area contributed by atoms with Gasteiger partial charge in [0, 0.05) is 35.3 Å². The number of hydrogen-bond donors (Lipinski definition) is 1. The number of hydrogen-bond acceptors (Lipinski definition) is 6. The Labute approximate surface area is 224 Å². The first-order valence-electron chi connectivity index (χ1n) is 12.2. The van der Waals surface area contributed by atoms with Gasteiger partial charge in [-0.2, -0.15) is 0 Å². The van der Waals surface area contributed by atoms with Gasteiger partial charge in [0.05, 0.1) is 12.6 Å². The predicted octanol–water partition coefficient (Wildman–Crippen LogP) is 5.37. The number of fused-ring (bicyclic) bond motifs is 1. The maximum atomic E-state index is 13.7. The van der Waals surface area contributed by atoms with Crippen LogP contribution in [-0.2, 0) is 22.6 Å². The van der Waals surface area contributed by atoms with Crippen LogP contribution in [-0.4, -0.2) is 54.3 Å². The predicted molar refractivity (Wildman–Crippen MR) is 142 cm³/mol.